The van der Waals surface area contributed by atoms with Crippen molar-refractivity contribution in [1.82, 2.24) is 0 Å². The zero-order valence-electron chi connectivity index (χ0n) is 7.40. The molecule has 12 heavy (non-hydrogen) atoms. The largest absolute Gasteiger partial charge is 0.393 e. The fraction of sp³-hybridized carbons (Fsp3) is 0.300. The van der Waals surface area contributed by atoms with Crippen LogP contribution in [-0.2, 0) is 4.84 Å². The second-order valence-electron chi connectivity index (χ2n) is 2.80. The minimum Gasteiger partial charge on any atom is -0.393 e. The Bertz CT molecular complexity index is 241. The lowest BCUT2D eigenvalue weighted by atomic mass is 10.2. The fourth-order valence-corrected chi connectivity index (χ4v) is 0.752. The van der Waals surface area contributed by atoms with Crippen molar-refractivity contribution in [3.05, 3.63) is 35.9 Å². The van der Waals surface area contributed by atoms with Crippen LogP contribution in [0.25, 0.3) is 0 Å². The van der Waals surface area contributed by atoms with Crippen LogP contribution < -0.4 is 0 Å². The molecular weight excluding hydrogens is 150 g/mol. The molecule has 1 aromatic rings. The highest BCUT2D eigenvalue weighted by atomic mass is 16.6. The van der Waals surface area contributed by atoms with Gasteiger partial charge in [0.1, 0.15) is 6.10 Å². The molecule has 0 aliphatic rings. The van der Waals surface area contributed by atoms with E-state index in [2.05, 4.69) is 5.16 Å². The lowest BCUT2D eigenvalue weighted by molar-refractivity contribution is 0.0874. The molecule has 1 rings (SSSR count). The topological polar surface area (TPSA) is 21.6 Å². The molecule has 0 bridgehead atoms. The molecular formula is C10H13NO. The maximum absolute atomic E-state index is 5.02. The van der Waals surface area contributed by atoms with Crippen LogP contribution in [0.15, 0.2) is 35.5 Å². The van der Waals surface area contributed by atoms with Crippen LogP contribution in [0.2, 0.25) is 0 Å². The Hall–Kier alpha value is -1.31. The zero-order chi connectivity index (χ0) is 8.81. The SMILES string of the molecule is CC(C)ON=Cc1ccccc1. The molecule has 0 amide bonds. The standard InChI is InChI=1S/C10H13NO/c1-9(2)12-11-8-10-6-4-3-5-7-10/h3-9H,1-2H3. The molecule has 0 saturated heterocycles. The molecule has 1 aromatic carbocycles. The smallest absolute Gasteiger partial charge is 0.122 e. The number of benzene rings is 1. The Labute approximate surface area is 72.9 Å². The third-order valence-electron chi connectivity index (χ3n) is 1.27. The maximum atomic E-state index is 5.02. The van der Waals surface area contributed by atoms with Crippen LogP contribution in [0, 0.1) is 0 Å². The van der Waals surface area contributed by atoms with Crippen molar-refractivity contribution in [2.75, 3.05) is 0 Å². The fourth-order valence-electron chi connectivity index (χ4n) is 0.752. The monoisotopic (exact) mass is 163 g/mol. The van der Waals surface area contributed by atoms with Gasteiger partial charge >= 0.3 is 0 Å². The van der Waals surface area contributed by atoms with E-state index in [9.17, 15) is 0 Å². The van der Waals surface area contributed by atoms with Gasteiger partial charge in [-0.05, 0) is 19.4 Å². The second-order valence-corrected chi connectivity index (χ2v) is 2.80. The Kier molecular flexibility index (Phi) is 3.33. The van der Waals surface area contributed by atoms with Crippen molar-refractivity contribution >= 4 is 6.21 Å². The quantitative estimate of drug-likeness (QED) is 0.495. The van der Waals surface area contributed by atoms with Crippen molar-refractivity contribution in [2.24, 2.45) is 5.16 Å². The summed E-state index contributed by atoms with van der Waals surface area (Å²) in [6.45, 7) is 3.89. The van der Waals surface area contributed by atoms with E-state index >= 15 is 0 Å². The summed E-state index contributed by atoms with van der Waals surface area (Å²) in [5.74, 6) is 0. The molecule has 0 saturated carbocycles. The van der Waals surface area contributed by atoms with E-state index in [0.29, 0.717) is 0 Å². The van der Waals surface area contributed by atoms with Gasteiger partial charge in [-0.25, -0.2) is 0 Å². The Balaban J connectivity index is 2.47. The maximum Gasteiger partial charge on any atom is 0.122 e. The van der Waals surface area contributed by atoms with E-state index in [1.165, 1.54) is 0 Å². The number of nitrogens with zero attached hydrogens (tertiary/aromatic N) is 1. The van der Waals surface area contributed by atoms with E-state index < -0.39 is 0 Å². The minimum atomic E-state index is 0.143. The molecule has 0 radical (unpaired) electrons. The highest BCUT2D eigenvalue weighted by Crippen LogP contribution is 1.95. The summed E-state index contributed by atoms with van der Waals surface area (Å²) in [4.78, 5) is 5.02. The van der Waals surface area contributed by atoms with Gasteiger partial charge in [-0.3, -0.25) is 0 Å². The van der Waals surface area contributed by atoms with Crippen LogP contribution in [0.4, 0.5) is 0 Å². The van der Waals surface area contributed by atoms with E-state index in [1.807, 2.05) is 44.2 Å². The van der Waals surface area contributed by atoms with Crippen LogP contribution in [0.3, 0.4) is 0 Å². The lowest BCUT2D eigenvalue weighted by Gasteiger charge is -1.99. The zero-order valence-corrected chi connectivity index (χ0v) is 7.40. The van der Waals surface area contributed by atoms with Gasteiger partial charge < -0.3 is 4.84 Å². The molecule has 64 valence electrons. The summed E-state index contributed by atoms with van der Waals surface area (Å²) in [6.07, 6.45) is 1.85. The molecule has 0 atom stereocenters. The molecule has 0 aromatic heterocycles. The number of rotatable bonds is 3. The Morgan fingerprint density at radius 3 is 2.50 bits per heavy atom. The Morgan fingerprint density at radius 2 is 1.92 bits per heavy atom. The van der Waals surface area contributed by atoms with Gasteiger partial charge in [-0.15, -0.1) is 0 Å². The van der Waals surface area contributed by atoms with E-state index in [0.717, 1.165) is 5.56 Å². The molecule has 0 N–H and O–H groups in total. The highest BCUT2D eigenvalue weighted by molar-refractivity contribution is 5.78. The van der Waals surface area contributed by atoms with Gasteiger partial charge in [0.25, 0.3) is 0 Å². The first kappa shape index (κ1) is 8.78. The summed E-state index contributed by atoms with van der Waals surface area (Å²) in [6, 6.07) is 9.87. The molecule has 0 heterocycles. The van der Waals surface area contributed by atoms with Crippen LogP contribution in [-0.4, -0.2) is 12.3 Å². The van der Waals surface area contributed by atoms with Crippen molar-refractivity contribution < 1.29 is 4.84 Å². The first-order valence-corrected chi connectivity index (χ1v) is 4.03. The predicted octanol–water partition coefficient (Wildman–Crippen LogP) is 2.45. The molecule has 0 fully saturated rings. The lowest BCUT2D eigenvalue weighted by Crippen LogP contribution is -1.95. The van der Waals surface area contributed by atoms with Gasteiger partial charge in [0, 0.05) is 0 Å². The third-order valence-corrected chi connectivity index (χ3v) is 1.27. The summed E-state index contributed by atoms with van der Waals surface area (Å²) in [5, 5.41) is 3.82. The van der Waals surface area contributed by atoms with E-state index in [-0.39, 0.29) is 6.10 Å². The van der Waals surface area contributed by atoms with Gasteiger partial charge in [-0.2, -0.15) is 0 Å². The summed E-state index contributed by atoms with van der Waals surface area (Å²) < 4.78 is 0. The van der Waals surface area contributed by atoms with Crippen molar-refractivity contribution in [3.63, 3.8) is 0 Å². The summed E-state index contributed by atoms with van der Waals surface area (Å²) >= 11 is 0. The normalized spacial score (nSPS) is 10.9. The predicted molar refractivity (Wildman–Crippen MR) is 50.3 cm³/mol. The van der Waals surface area contributed by atoms with Gasteiger partial charge in [0.05, 0.1) is 6.21 Å². The summed E-state index contributed by atoms with van der Waals surface area (Å²) in [7, 11) is 0. The van der Waals surface area contributed by atoms with Gasteiger partial charge in [0.15, 0.2) is 0 Å². The highest BCUT2D eigenvalue weighted by Gasteiger charge is 1.87. The van der Waals surface area contributed by atoms with Crippen molar-refractivity contribution in [1.29, 1.82) is 0 Å². The first-order chi connectivity index (χ1) is 5.79. The number of hydrogen-bond acceptors (Lipinski definition) is 2. The Morgan fingerprint density at radius 1 is 1.25 bits per heavy atom. The van der Waals surface area contributed by atoms with Crippen LogP contribution in [0.1, 0.15) is 19.4 Å². The number of oxime groups is 1. The van der Waals surface area contributed by atoms with Crippen LogP contribution >= 0.6 is 0 Å². The van der Waals surface area contributed by atoms with E-state index in [1.54, 1.807) is 6.21 Å². The molecule has 0 unspecified atom stereocenters. The van der Waals surface area contributed by atoms with Gasteiger partial charge in [0.2, 0.25) is 0 Å². The number of hydrogen-bond donors (Lipinski definition) is 0. The molecule has 0 aliphatic heterocycles. The molecule has 0 spiro atoms. The summed E-state index contributed by atoms with van der Waals surface area (Å²) in [5.41, 5.74) is 1.05. The average Bonchev–Trinajstić information content (AvgIpc) is 2.05. The second kappa shape index (κ2) is 4.54. The average molecular weight is 163 g/mol. The first-order valence-electron chi connectivity index (χ1n) is 4.03. The van der Waals surface area contributed by atoms with Crippen LogP contribution in [0.5, 0.6) is 0 Å². The molecule has 2 nitrogen and oxygen atoms in total. The van der Waals surface area contributed by atoms with Gasteiger partial charge in [-0.1, -0.05) is 35.5 Å². The molecule has 0 aliphatic carbocycles. The molecule has 2 heteroatoms. The third kappa shape index (κ3) is 3.19. The van der Waals surface area contributed by atoms with E-state index in [4.69, 9.17) is 4.84 Å². The van der Waals surface area contributed by atoms with Crippen molar-refractivity contribution in [3.8, 4) is 0 Å². The minimum absolute atomic E-state index is 0.143. The van der Waals surface area contributed by atoms with Crippen molar-refractivity contribution in [2.45, 2.75) is 20.0 Å².